The molecule has 2 rings (SSSR count). The number of hydrogen-bond acceptors (Lipinski definition) is 5. The van der Waals surface area contributed by atoms with Crippen LogP contribution in [0.25, 0.3) is 0 Å². The molecule has 0 heterocycles. The van der Waals surface area contributed by atoms with Crippen LogP contribution >= 0.6 is 15.9 Å². The minimum absolute atomic E-state index is 0.180. The topological polar surface area (TPSA) is 98.5 Å². The summed E-state index contributed by atoms with van der Waals surface area (Å²) in [5.74, 6) is -1.21. The molecule has 7 nitrogen and oxygen atoms in total. The Morgan fingerprint density at radius 3 is 2.75 bits per heavy atom. The van der Waals surface area contributed by atoms with E-state index in [9.17, 15) is 19.7 Å². The first kappa shape index (κ1) is 18.4. The van der Waals surface area contributed by atoms with E-state index in [0.717, 1.165) is 12.8 Å². The summed E-state index contributed by atoms with van der Waals surface area (Å²) in [5.41, 5.74) is -0.731. The fourth-order valence-electron chi connectivity index (χ4n) is 3.13. The Morgan fingerprint density at radius 2 is 2.12 bits per heavy atom. The highest BCUT2D eigenvalue weighted by Gasteiger charge is 2.43. The normalized spacial score (nSPS) is 23.4. The molecule has 0 aromatic heterocycles. The standard InChI is InChI=1S/C16H19BrN2O5/c1-16(8-4-3-5-11(16)15(21)24-2)18-14(20)10-6-7-12(17)13(9-10)19(22)23/h6-7,9,11H,3-5,8H2,1-2H3,(H,18,20)/t11-,16-/m0/s1. The minimum Gasteiger partial charge on any atom is -0.469 e. The van der Waals surface area contributed by atoms with Crippen molar-refractivity contribution in [2.24, 2.45) is 5.92 Å². The average Bonchev–Trinajstić information content (AvgIpc) is 2.54. The number of nitro benzene ring substituents is 1. The third-order valence-corrected chi connectivity index (χ3v) is 5.17. The molecule has 1 saturated carbocycles. The number of carbonyl (C=O) groups is 2. The van der Waals surface area contributed by atoms with Crippen molar-refractivity contribution in [2.75, 3.05) is 7.11 Å². The van der Waals surface area contributed by atoms with Gasteiger partial charge >= 0.3 is 5.97 Å². The number of rotatable bonds is 4. The van der Waals surface area contributed by atoms with Crippen molar-refractivity contribution in [1.29, 1.82) is 0 Å². The van der Waals surface area contributed by atoms with Crippen molar-refractivity contribution in [1.82, 2.24) is 5.32 Å². The molecule has 130 valence electrons. The molecule has 0 bridgehead atoms. The Bertz CT molecular complexity index is 678. The molecule has 8 heteroatoms. The maximum absolute atomic E-state index is 12.6. The summed E-state index contributed by atoms with van der Waals surface area (Å²) in [6.45, 7) is 1.82. The summed E-state index contributed by atoms with van der Waals surface area (Å²) in [6, 6.07) is 4.19. The predicted molar refractivity (Wildman–Crippen MR) is 90.6 cm³/mol. The zero-order chi connectivity index (χ0) is 17.9. The largest absolute Gasteiger partial charge is 0.469 e. The summed E-state index contributed by atoms with van der Waals surface area (Å²) in [6.07, 6.45) is 3.08. The number of methoxy groups -OCH3 is 1. The molecule has 0 unspecified atom stereocenters. The monoisotopic (exact) mass is 398 g/mol. The lowest BCUT2D eigenvalue weighted by Crippen LogP contribution is -2.55. The van der Waals surface area contributed by atoms with Crippen molar-refractivity contribution in [3.05, 3.63) is 38.3 Å². The zero-order valence-corrected chi connectivity index (χ0v) is 15.1. The Balaban J connectivity index is 2.25. The van der Waals surface area contributed by atoms with Crippen molar-refractivity contribution in [3.63, 3.8) is 0 Å². The van der Waals surface area contributed by atoms with Gasteiger partial charge in [0.05, 0.1) is 28.0 Å². The van der Waals surface area contributed by atoms with Gasteiger partial charge in [-0.3, -0.25) is 19.7 Å². The lowest BCUT2D eigenvalue weighted by atomic mass is 9.73. The van der Waals surface area contributed by atoms with Gasteiger partial charge in [-0.25, -0.2) is 0 Å². The highest BCUT2D eigenvalue weighted by molar-refractivity contribution is 9.10. The fourth-order valence-corrected chi connectivity index (χ4v) is 3.52. The Labute approximate surface area is 148 Å². The van der Waals surface area contributed by atoms with Gasteiger partial charge < -0.3 is 10.1 Å². The van der Waals surface area contributed by atoms with E-state index < -0.39 is 22.3 Å². The molecule has 2 atom stereocenters. The van der Waals surface area contributed by atoms with Crippen LogP contribution in [0, 0.1) is 16.0 Å². The highest BCUT2D eigenvalue weighted by atomic mass is 79.9. The molecule has 1 fully saturated rings. The number of benzene rings is 1. The van der Waals surface area contributed by atoms with E-state index in [1.165, 1.54) is 25.3 Å². The van der Waals surface area contributed by atoms with Crippen LogP contribution in [0.1, 0.15) is 43.0 Å². The number of nitrogens with one attached hydrogen (secondary N) is 1. The first-order valence-corrected chi connectivity index (χ1v) is 8.42. The average molecular weight is 399 g/mol. The quantitative estimate of drug-likeness (QED) is 0.476. The number of carbonyl (C=O) groups excluding carboxylic acids is 2. The lowest BCUT2D eigenvalue weighted by Gasteiger charge is -2.40. The molecule has 1 aliphatic rings. The van der Waals surface area contributed by atoms with Gasteiger partial charge in [0.25, 0.3) is 11.6 Å². The van der Waals surface area contributed by atoms with E-state index >= 15 is 0 Å². The van der Waals surface area contributed by atoms with Crippen LogP contribution in [0.15, 0.2) is 22.7 Å². The van der Waals surface area contributed by atoms with Crippen LogP contribution in [-0.2, 0) is 9.53 Å². The maximum Gasteiger partial charge on any atom is 0.311 e. The molecule has 1 N–H and O–H groups in total. The molecule has 24 heavy (non-hydrogen) atoms. The lowest BCUT2D eigenvalue weighted by molar-refractivity contribution is -0.385. The second kappa shape index (κ2) is 7.29. The summed E-state index contributed by atoms with van der Waals surface area (Å²) in [5, 5.41) is 13.9. The van der Waals surface area contributed by atoms with Gasteiger partial charge in [-0.05, 0) is 47.8 Å². The fraction of sp³-hybridized carbons (Fsp3) is 0.500. The van der Waals surface area contributed by atoms with Gasteiger partial charge in [-0.1, -0.05) is 12.8 Å². The van der Waals surface area contributed by atoms with Gasteiger partial charge in [-0.15, -0.1) is 0 Å². The molecule has 0 spiro atoms. The summed E-state index contributed by atoms with van der Waals surface area (Å²) in [4.78, 5) is 35.0. The molecule has 1 aromatic carbocycles. The number of esters is 1. The Kier molecular flexibility index (Phi) is 5.58. The number of halogens is 1. The molecule has 0 saturated heterocycles. The van der Waals surface area contributed by atoms with Gasteiger partial charge in [0.2, 0.25) is 0 Å². The number of nitro groups is 1. The van der Waals surface area contributed by atoms with E-state index in [2.05, 4.69) is 21.2 Å². The van der Waals surface area contributed by atoms with E-state index in [4.69, 9.17) is 4.74 Å². The summed E-state index contributed by atoms with van der Waals surface area (Å²) < 4.78 is 5.16. The van der Waals surface area contributed by atoms with Crippen molar-refractivity contribution < 1.29 is 19.2 Å². The van der Waals surface area contributed by atoms with Gasteiger partial charge in [0, 0.05) is 11.6 Å². The highest BCUT2D eigenvalue weighted by Crippen LogP contribution is 2.35. The van der Waals surface area contributed by atoms with E-state index in [0.29, 0.717) is 17.3 Å². The Hall–Kier alpha value is -1.96. The molecular weight excluding hydrogens is 380 g/mol. The summed E-state index contributed by atoms with van der Waals surface area (Å²) >= 11 is 3.09. The van der Waals surface area contributed by atoms with Crippen molar-refractivity contribution >= 4 is 33.5 Å². The third kappa shape index (κ3) is 3.75. The first-order valence-electron chi connectivity index (χ1n) is 7.63. The Morgan fingerprint density at radius 1 is 1.42 bits per heavy atom. The van der Waals surface area contributed by atoms with Crippen molar-refractivity contribution in [2.45, 2.75) is 38.1 Å². The maximum atomic E-state index is 12.6. The molecule has 0 radical (unpaired) electrons. The second-order valence-corrected chi connectivity index (χ2v) is 6.97. The minimum atomic E-state index is -0.732. The van der Waals surface area contributed by atoms with Crippen LogP contribution in [0.3, 0.4) is 0 Å². The number of amides is 1. The van der Waals surface area contributed by atoms with Gasteiger partial charge in [0.1, 0.15) is 0 Å². The van der Waals surface area contributed by atoms with Crippen LogP contribution in [0.5, 0.6) is 0 Å². The second-order valence-electron chi connectivity index (χ2n) is 6.12. The number of ether oxygens (including phenoxy) is 1. The number of hydrogen-bond donors (Lipinski definition) is 1. The van der Waals surface area contributed by atoms with Crippen LogP contribution < -0.4 is 5.32 Å². The third-order valence-electron chi connectivity index (χ3n) is 4.50. The zero-order valence-electron chi connectivity index (χ0n) is 13.5. The van der Waals surface area contributed by atoms with Crippen molar-refractivity contribution in [3.8, 4) is 0 Å². The summed E-state index contributed by atoms with van der Waals surface area (Å²) in [7, 11) is 1.33. The van der Waals surface area contributed by atoms with E-state index in [1.807, 2.05) is 6.92 Å². The first-order chi connectivity index (χ1) is 11.3. The SMILES string of the molecule is COC(=O)[C@@H]1CCCC[C@]1(C)NC(=O)c1ccc(Br)c([N+](=O)[O-])c1. The van der Waals surface area contributed by atoms with Gasteiger partial charge in [0.15, 0.2) is 0 Å². The molecule has 1 aromatic rings. The van der Waals surface area contributed by atoms with Crippen LogP contribution in [-0.4, -0.2) is 29.4 Å². The van der Waals surface area contributed by atoms with Gasteiger partial charge in [-0.2, -0.15) is 0 Å². The molecule has 1 aliphatic carbocycles. The van der Waals surface area contributed by atoms with Crippen LogP contribution in [0.2, 0.25) is 0 Å². The van der Waals surface area contributed by atoms with E-state index in [1.54, 1.807) is 0 Å². The number of nitrogens with zero attached hydrogens (tertiary/aromatic N) is 1. The molecule has 1 amide bonds. The smallest absolute Gasteiger partial charge is 0.311 e. The molecular formula is C16H19BrN2O5. The molecule has 0 aliphatic heterocycles. The predicted octanol–water partition coefficient (Wildman–Crippen LogP) is 3.21. The van der Waals surface area contributed by atoms with E-state index in [-0.39, 0.29) is 17.2 Å². The van der Waals surface area contributed by atoms with Crippen LogP contribution in [0.4, 0.5) is 5.69 Å².